The van der Waals surface area contributed by atoms with Gasteiger partial charge < -0.3 is 10.2 Å². The number of hydrogen-bond donors (Lipinski definition) is 1. The number of carbonyl (C=O) groups is 3. The first-order chi connectivity index (χ1) is 14.0. The van der Waals surface area contributed by atoms with Crippen LogP contribution in [-0.4, -0.2) is 35.3 Å². The van der Waals surface area contributed by atoms with Crippen LogP contribution < -0.4 is 10.2 Å². The Morgan fingerprint density at radius 2 is 1.79 bits per heavy atom. The summed E-state index contributed by atoms with van der Waals surface area (Å²) in [5, 5.41) is 2.89. The first-order valence-electron chi connectivity index (χ1n) is 10.1. The van der Waals surface area contributed by atoms with Gasteiger partial charge in [0.15, 0.2) is 0 Å². The van der Waals surface area contributed by atoms with Crippen LogP contribution in [0, 0.1) is 0 Å². The fraction of sp³-hybridized carbons (Fsp3) is 0.348. The van der Waals surface area contributed by atoms with Gasteiger partial charge in [0.05, 0.1) is 0 Å². The van der Waals surface area contributed by atoms with Crippen molar-refractivity contribution in [2.45, 2.75) is 44.2 Å². The quantitative estimate of drug-likeness (QED) is 0.803. The van der Waals surface area contributed by atoms with Gasteiger partial charge in [-0.1, -0.05) is 42.5 Å². The van der Waals surface area contributed by atoms with Crippen LogP contribution in [0.25, 0.3) is 0 Å². The van der Waals surface area contributed by atoms with Gasteiger partial charge in [0.1, 0.15) is 12.1 Å². The van der Waals surface area contributed by atoms with Gasteiger partial charge in [0, 0.05) is 11.7 Å². The predicted octanol–water partition coefficient (Wildman–Crippen LogP) is 2.75. The van der Waals surface area contributed by atoms with Gasteiger partial charge in [-0.25, -0.2) is 4.79 Å². The number of nitrogens with one attached hydrogen (secondary N) is 1. The first kappa shape index (κ1) is 17.9. The molecule has 0 aromatic heterocycles. The lowest BCUT2D eigenvalue weighted by Gasteiger charge is -2.36. The van der Waals surface area contributed by atoms with E-state index in [1.165, 1.54) is 0 Å². The summed E-state index contributed by atoms with van der Waals surface area (Å²) in [7, 11) is 0. The number of fused-ring (bicyclic) bond motifs is 3. The molecule has 2 aromatic rings. The third kappa shape index (κ3) is 2.58. The minimum atomic E-state index is -1.03. The number of imide groups is 1. The summed E-state index contributed by atoms with van der Waals surface area (Å²) in [5.74, 6) is -0.546. The van der Waals surface area contributed by atoms with Crippen molar-refractivity contribution < 1.29 is 14.4 Å². The average molecular weight is 389 g/mol. The van der Waals surface area contributed by atoms with E-state index in [1.54, 1.807) is 4.90 Å². The monoisotopic (exact) mass is 389 g/mol. The Labute approximate surface area is 169 Å². The highest BCUT2D eigenvalue weighted by Gasteiger charge is 2.55. The summed E-state index contributed by atoms with van der Waals surface area (Å²) in [4.78, 5) is 42.1. The highest BCUT2D eigenvalue weighted by molar-refractivity contribution is 6.11. The molecule has 2 aliphatic heterocycles. The topological polar surface area (TPSA) is 69.7 Å². The molecule has 6 nitrogen and oxygen atoms in total. The number of anilines is 1. The van der Waals surface area contributed by atoms with E-state index in [-0.39, 0.29) is 24.4 Å². The fourth-order valence-electron chi connectivity index (χ4n) is 5.01. The Morgan fingerprint density at radius 3 is 2.62 bits per heavy atom. The molecule has 0 radical (unpaired) electrons. The van der Waals surface area contributed by atoms with Crippen LogP contribution in [0.5, 0.6) is 0 Å². The number of amides is 4. The molecule has 2 aromatic carbocycles. The highest BCUT2D eigenvalue weighted by atomic mass is 16.2. The third-order valence-electron chi connectivity index (χ3n) is 6.51. The molecule has 1 fully saturated rings. The molecule has 2 heterocycles. The number of urea groups is 1. The van der Waals surface area contributed by atoms with E-state index in [9.17, 15) is 14.4 Å². The van der Waals surface area contributed by atoms with E-state index in [4.69, 9.17) is 0 Å². The van der Waals surface area contributed by atoms with Gasteiger partial charge in [-0.05, 0) is 55.4 Å². The van der Waals surface area contributed by atoms with Gasteiger partial charge in [0.25, 0.3) is 5.91 Å². The fourth-order valence-corrected chi connectivity index (χ4v) is 5.01. The molecule has 4 amide bonds. The van der Waals surface area contributed by atoms with Crippen molar-refractivity contribution in [1.82, 2.24) is 10.2 Å². The number of benzene rings is 2. The van der Waals surface area contributed by atoms with E-state index < -0.39 is 11.6 Å². The standard InChI is InChI=1S/C23H23N3O3/c1-15-10-11-17-7-3-5-9-19(17)26(15)20(27)14-25-21(28)23(24-22(25)29)13-12-16-6-2-4-8-18(16)23/h2-9,15H,10-14H2,1H3,(H,24,29). The maximum absolute atomic E-state index is 13.3. The molecule has 0 bridgehead atoms. The molecule has 2 unspecified atom stereocenters. The Bertz CT molecular complexity index is 1030. The van der Waals surface area contributed by atoms with E-state index in [0.717, 1.165) is 46.5 Å². The van der Waals surface area contributed by atoms with E-state index in [1.807, 2.05) is 55.5 Å². The average Bonchev–Trinajstić information content (AvgIpc) is 3.21. The van der Waals surface area contributed by atoms with Crippen molar-refractivity contribution in [3.8, 4) is 0 Å². The highest BCUT2D eigenvalue weighted by Crippen LogP contribution is 2.41. The third-order valence-corrected chi connectivity index (χ3v) is 6.51. The lowest BCUT2D eigenvalue weighted by Crippen LogP contribution is -2.49. The van der Waals surface area contributed by atoms with E-state index in [0.29, 0.717) is 6.42 Å². The summed E-state index contributed by atoms with van der Waals surface area (Å²) < 4.78 is 0. The van der Waals surface area contributed by atoms with E-state index in [2.05, 4.69) is 5.32 Å². The summed E-state index contributed by atoms with van der Waals surface area (Å²) >= 11 is 0. The maximum atomic E-state index is 13.3. The van der Waals surface area contributed by atoms with Crippen LogP contribution in [0.3, 0.4) is 0 Å². The molecule has 29 heavy (non-hydrogen) atoms. The Morgan fingerprint density at radius 1 is 1.07 bits per heavy atom. The van der Waals surface area contributed by atoms with Crippen LogP contribution in [0.15, 0.2) is 48.5 Å². The molecule has 0 saturated carbocycles. The van der Waals surface area contributed by atoms with Crippen LogP contribution in [-0.2, 0) is 28.0 Å². The first-order valence-corrected chi connectivity index (χ1v) is 10.1. The molecule has 148 valence electrons. The second-order valence-electron chi connectivity index (χ2n) is 8.16. The predicted molar refractivity (Wildman–Crippen MR) is 108 cm³/mol. The molecule has 1 N–H and O–H groups in total. The van der Waals surface area contributed by atoms with Crippen molar-refractivity contribution in [1.29, 1.82) is 0 Å². The molecule has 3 aliphatic rings. The SMILES string of the molecule is CC1CCc2ccccc2N1C(=O)CN1C(=O)NC2(CCc3ccccc32)C1=O. The zero-order valence-corrected chi connectivity index (χ0v) is 16.4. The Kier molecular flexibility index (Phi) is 3.98. The molecule has 2 atom stereocenters. The van der Waals surface area contributed by atoms with Gasteiger partial charge in [-0.2, -0.15) is 0 Å². The molecular formula is C23H23N3O3. The van der Waals surface area contributed by atoms with Crippen LogP contribution in [0.1, 0.15) is 36.5 Å². The summed E-state index contributed by atoms with van der Waals surface area (Å²) in [6, 6.07) is 15.1. The maximum Gasteiger partial charge on any atom is 0.325 e. The second kappa shape index (κ2) is 6.44. The summed E-state index contributed by atoms with van der Waals surface area (Å²) in [6.45, 7) is 1.77. The van der Waals surface area contributed by atoms with Crippen LogP contribution in [0.2, 0.25) is 0 Å². The van der Waals surface area contributed by atoms with Gasteiger partial charge in [-0.3, -0.25) is 14.5 Å². The zero-order chi connectivity index (χ0) is 20.2. The number of aryl methyl sites for hydroxylation is 2. The van der Waals surface area contributed by atoms with Gasteiger partial charge >= 0.3 is 6.03 Å². The summed E-state index contributed by atoms with van der Waals surface area (Å²) in [6.07, 6.45) is 3.05. The Hall–Kier alpha value is -3.15. The van der Waals surface area contributed by atoms with Gasteiger partial charge in [-0.15, -0.1) is 0 Å². The molecule has 6 heteroatoms. The largest absolute Gasteiger partial charge is 0.325 e. The van der Waals surface area contributed by atoms with E-state index >= 15 is 0 Å². The normalized spacial score (nSPS) is 25.2. The minimum Gasteiger partial charge on any atom is -0.319 e. The molecule has 1 saturated heterocycles. The van der Waals surface area contributed by atoms with Crippen molar-refractivity contribution in [3.05, 3.63) is 65.2 Å². The van der Waals surface area contributed by atoms with Crippen molar-refractivity contribution in [2.24, 2.45) is 0 Å². The molecule has 1 spiro atoms. The number of nitrogens with zero attached hydrogens (tertiary/aromatic N) is 2. The number of carbonyl (C=O) groups excluding carboxylic acids is 3. The number of hydrogen-bond acceptors (Lipinski definition) is 3. The Balaban J connectivity index is 1.43. The van der Waals surface area contributed by atoms with Crippen LogP contribution >= 0.6 is 0 Å². The zero-order valence-electron chi connectivity index (χ0n) is 16.4. The van der Waals surface area contributed by atoms with Crippen molar-refractivity contribution in [2.75, 3.05) is 11.4 Å². The lowest BCUT2D eigenvalue weighted by atomic mass is 9.92. The smallest absolute Gasteiger partial charge is 0.319 e. The lowest BCUT2D eigenvalue weighted by molar-refractivity contribution is -0.134. The molecule has 5 rings (SSSR count). The summed E-state index contributed by atoms with van der Waals surface area (Å²) in [5.41, 5.74) is 2.90. The molecular weight excluding hydrogens is 366 g/mol. The second-order valence-corrected chi connectivity index (χ2v) is 8.16. The molecule has 1 aliphatic carbocycles. The van der Waals surface area contributed by atoms with Crippen molar-refractivity contribution in [3.63, 3.8) is 0 Å². The van der Waals surface area contributed by atoms with Crippen LogP contribution in [0.4, 0.5) is 10.5 Å². The minimum absolute atomic E-state index is 0.0272. The number of rotatable bonds is 2. The number of para-hydroxylation sites is 1. The van der Waals surface area contributed by atoms with Crippen molar-refractivity contribution >= 4 is 23.5 Å². The van der Waals surface area contributed by atoms with Gasteiger partial charge in [0.2, 0.25) is 5.91 Å².